The predicted molar refractivity (Wildman–Crippen MR) is 112 cm³/mol. The van der Waals surface area contributed by atoms with E-state index in [1.807, 2.05) is 31.2 Å². The van der Waals surface area contributed by atoms with Crippen molar-refractivity contribution in [2.45, 2.75) is 20.3 Å². The van der Waals surface area contributed by atoms with Crippen molar-refractivity contribution < 1.29 is 9.59 Å². The van der Waals surface area contributed by atoms with E-state index >= 15 is 0 Å². The molecular formula is C22H20ClN3O2. The molecule has 0 aliphatic carbocycles. The van der Waals surface area contributed by atoms with Crippen LogP contribution in [0.15, 0.2) is 60.9 Å². The molecule has 142 valence electrons. The van der Waals surface area contributed by atoms with Gasteiger partial charge in [-0.3, -0.25) is 14.6 Å². The van der Waals surface area contributed by atoms with E-state index in [1.54, 1.807) is 18.2 Å². The summed E-state index contributed by atoms with van der Waals surface area (Å²) in [5.41, 5.74) is 3.98. The fourth-order valence-electron chi connectivity index (χ4n) is 2.68. The number of carbonyl (C=O) groups is 2. The number of hydrogen-bond acceptors (Lipinski definition) is 3. The number of halogens is 1. The number of nitrogens with zero attached hydrogens (tertiary/aromatic N) is 1. The summed E-state index contributed by atoms with van der Waals surface area (Å²) >= 11 is 5.94. The van der Waals surface area contributed by atoms with E-state index < -0.39 is 0 Å². The van der Waals surface area contributed by atoms with Crippen molar-refractivity contribution in [2.75, 3.05) is 10.6 Å². The molecule has 3 rings (SSSR count). The fourth-order valence-corrected chi connectivity index (χ4v) is 2.90. The second kappa shape index (κ2) is 8.67. The van der Waals surface area contributed by atoms with E-state index in [4.69, 9.17) is 11.6 Å². The highest BCUT2D eigenvalue weighted by molar-refractivity contribution is 6.30. The third-order valence-corrected chi connectivity index (χ3v) is 4.55. The van der Waals surface area contributed by atoms with Gasteiger partial charge in [-0.1, -0.05) is 30.7 Å². The summed E-state index contributed by atoms with van der Waals surface area (Å²) in [6.07, 6.45) is 3.79. The first kappa shape index (κ1) is 19.6. The quantitative estimate of drug-likeness (QED) is 0.632. The molecule has 0 atom stereocenters. The zero-order valence-corrected chi connectivity index (χ0v) is 16.4. The number of amides is 2. The second-order valence-electron chi connectivity index (χ2n) is 6.38. The standard InChI is InChI=1S/C22H20ClN3O2/c1-3-15-4-7-19(8-5-15)25-21(27)16-11-17(13-24-12-16)22(28)26-20-9-6-18(23)10-14(20)2/h4-13H,3H2,1-2H3,(H,25,27)(H,26,28). The Morgan fingerprint density at radius 2 is 1.57 bits per heavy atom. The fraction of sp³-hybridized carbons (Fsp3) is 0.136. The van der Waals surface area contributed by atoms with Crippen LogP contribution in [0.2, 0.25) is 5.02 Å². The molecule has 0 radical (unpaired) electrons. The van der Waals surface area contributed by atoms with Gasteiger partial charge in [0.15, 0.2) is 0 Å². The van der Waals surface area contributed by atoms with Gasteiger partial charge in [-0.25, -0.2) is 0 Å². The Hall–Kier alpha value is -3.18. The number of rotatable bonds is 5. The van der Waals surface area contributed by atoms with Gasteiger partial charge < -0.3 is 10.6 Å². The summed E-state index contributed by atoms with van der Waals surface area (Å²) < 4.78 is 0. The number of benzene rings is 2. The summed E-state index contributed by atoms with van der Waals surface area (Å²) in [6, 6.07) is 14.4. The Labute approximate surface area is 168 Å². The number of nitrogens with one attached hydrogen (secondary N) is 2. The van der Waals surface area contributed by atoms with Crippen LogP contribution in [0.25, 0.3) is 0 Å². The van der Waals surface area contributed by atoms with Crippen LogP contribution in [0.3, 0.4) is 0 Å². The summed E-state index contributed by atoms with van der Waals surface area (Å²) in [5, 5.41) is 6.23. The van der Waals surface area contributed by atoms with E-state index in [0.29, 0.717) is 27.5 Å². The number of hydrogen-bond donors (Lipinski definition) is 2. The molecule has 0 aliphatic heterocycles. The Kier molecular flexibility index (Phi) is 6.06. The number of anilines is 2. The molecule has 0 aliphatic rings. The zero-order valence-electron chi connectivity index (χ0n) is 15.6. The number of aryl methyl sites for hydroxylation is 2. The molecule has 1 aromatic heterocycles. The Morgan fingerprint density at radius 3 is 2.18 bits per heavy atom. The largest absolute Gasteiger partial charge is 0.322 e. The van der Waals surface area contributed by atoms with Crippen LogP contribution in [-0.2, 0) is 6.42 Å². The van der Waals surface area contributed by atoms with Crippen LogP contribution in [0.5, 0.6) is 0 Å². The summed E-state index contributed by atoms with van der Waals surface area (Å²) in [5.74, 6) is -0.672. The van der Waals surface area contributed by atoms with Crippen LogP contribution in [0, 0.1) is 6.92 Å². The molecule has 2 N–H and O–H groups in total. The molecule has 0 saturated heterocycles. The van der Waals surface area contributed by atoms with E-state index in [2.05, 4.69) is 22.5 Å². The van der Waals surface area contributed by atoms with Gasteiger partial charge in [-0.15, -0.1) is 0 Å². The maximum Gasteiger partial charge on any atom is 0.257 e. The van der Waals surface area contributed by atoms with Gasteiger partial charge in [-0.2, -0.15) is 0 Å². The normalized spacial score (nSPS) is 10.4. The average molecular weight is 394 g/mol. The minimum Gasteiger partial charge on any atom is -0.322 e. The van der Waals surface area contributed by atoms with Gasteiger partial charge in [0, 0.05) is 28.8 Å². The van der Waals surface area contributed by atoms with E-state index in [1.165, 1.54) is 24.0 Å². The molecule has 2 amide bonds. The highest BCUT2D eigenvalue weighted by atomic mass is 35.5. The van der Waals surface area contributed by atoms with Gasteiger partial charge in [0.05, 0.1) is 11.1 Å². The number of pyridine rings is 1. The van der Waals surface area contributed by atoms with E-state index in [-0.39, 0.29) is 11.8 Å². The lowest BCUT2D eigenvalue weighted by Gasteiger charge is -2.10. The summed E-state index contributed by atoms with van der Waals surface area (Å²) in [4.78, 5) is 29.1. The first-order valence-corrected chi connectivity index (χ1v) is 9.27. The summed E-state index contributed by atoms with van der Waals surface area (Å²) in [6.45, 7) is 3.93. The predicted octanol–water partition coefficient (Wildman–Crippen LogP) is 5.11. The molecule has 0 unspecified atom stereocenters. The van der Waals surface area contributed by atoms with Gasteiger partial charge in [0.2, 0.25) is 0 Å². The third-order valence-electron chi connectivity index (χ3n) is 4.32. The van der Waals surface area contributed by atoms with Crippen LogP contribution in [-0.4, -0.2) is 16.8 Å². The first-order chi connectivity index (χ1) is 13.5. The lowest BCUT2D eigenvalue weighted by Crippen LogP contribution is -2.16. The van der Waals surface area contributed by atoms with Crippen molar-refractivity contribution in [3.63, 3.8) is 0 Å². The minimum absolute atomic E-state index is 0.295. The van der Waals surface area contributed by atoms with Crippen molar-refractivity contribution >= 4 is 34.8 Å². The zero-order chi connectivity index (χ0) is 20.1. The topological polar surface area (TPSA) is 71.1 Å². The third kappa shape index (κ3) is 4.75. The lowest BCUT2D eigenvalue weighted by atomic mass is 10.1. The Bertz CT molecular complexity index is 1020. The lowest BCUT2D eigenvalue weighted by molar-refractivity contribution is 0.102. The molecule has 2 aromatic carbocycles. The minimum atomic E-state index is -0.347. The molecular weight excluding hydrogens is 374 g/mol. The monoisotopic (exact) mass is 393 g/mol. The summed E-state index contributed by atoms with van der Waals surface area (Å²) in [7, 11) is 0. The van der Waals surface area contributed by atoms with Crippen LogP contribution >= 0.6 is 11.6 Å². The van der Waals surface area contributed by atoms with E-state index in [0.717, 1.165) is 12.0 Å². The second-order valence-corrected chi connectivity index (χ2v) is 6.82. The van der Waals surface area contributed by atoms with Crippen molar-refractivity contribution in [3.05, 3.63) is 88.2 Å². The highest BCUT2D eigenvalue weighted by Crippen LogP contribution is 2.20. The van der Waals surface area contributed by atoms with Crippen molar-refractivity contribution in [1.29, 1.82) is 0 Å². The Balaban J connectivity index is 1.73. The van der Waals surface area contributed by atoms with Gasteiger partial charge in [0.1, 0.15) is 0 Å². The number of carbonyl (C=O) groups excluding carboxylic acids is 2. The molecule has 28 heavy (non-hydrogen) atoms. The molecule has 0 spiro atoms. The molecule has 0 fully saturated rings. The van der Waals surface area contributed by atoms with Crippen LogP contribution in [0.4, 0.5) is 11.4 Å². The molecule has 1 heterocycles. The average Bonchev–Trinajstić information content (AvgIpc) is 2.70. The first-order valence-electron chi connectivity index (χ1n) is 8.89. The Morgan fingerprint density at radius 1 is 0.929 bits per heavy atom. The van der Waals surface area contributed by atoms with Gasteiger partial charge in [0.25, 0.3) is 11.8 Å². The smallest absolute Gasteiger partial charge is 0.257 e. The van der Waals surface area contributed by atoms with Crippen LogP contribution < -0.4 is 10.6 Å². The molecule has 5 nitrogen and oxygen atoms in total. The molecule has 0 saturated carbocycles. The van der Waals surface area contributed by atoms with E-state index in [9.17, 15) is 9.59 Å². The SMILES string of the molecule is CCc1ccc(NC(=O)c2cncc(C(=O)Nc3ccc(Cl)cc3C)c2)cc1. The molecule has 0 bridgehead atoms. The van der Waals surface area contributed by atoms with Gasteiger partial charge in [-0.05, 0) is 60.9 Å². The molecule has 3 aromatic rings. The maximum atomic E-state index is 12.5. The van der Waals surface area contributed by atoms with Crippen molar-refractivity contribution in [1.82, 2.24) is 4.98 Å². The van der Waals surface area contributed by atoms with Crippen molar-refractivity contribution in [3.8, 4) is 0 Å². The van der Waals surface area contributed by atoms with Crippen LogP contribution in [0.1, 0.15) is 38.8 Å². The highest BCUT2D eigenvalue weighted by Gasteiger charge is 2.13. The van der Waals surface area contributed by atoms with Gasteiger partial charge >= 0.3 is 0 Å². The van der Waals surface area contributed by atoms with Crippen molar-refractivity contribution in [2.24, 2.45) is 0 Å². The number of aromatic nitrogens is 1. The molecule has 6 heteroatoms. The maximum absolute atomic E-state index is 12.5.